The minimum Gasteiger partial charge on any atom is -0.207 e. The summed E-state index contributed by atoms with van der Waals surface area (Å²) in [6.45, 7) is 0. The lowest BCUT2D eigenvalue weighted by Crippen LogP contribution is -1.96. The molecule has 78 valence electrons. The van der Waals surface area contributed by atoms with E-state index < -0.39 is 11.6 Å². The zero-order chi connectivity index (χ0) is 10.8. The van der Waals surface area contributed by atoms with Gasteiger partial charge in [0.15, 0.2) is 0 Å². The van der Waals surface area contributed by atoms with Crippen molar-refractivity contribution in [3.05, 3.63) is 44.9 Å². The van der Waals surface area contributed by atoms with E-state index in [0.29, 0.717) is 5.01 Å². The van der Waals surface area contributed by atoms with Crippen molar-refractivity contribution in [1.29, 1.82) is 0 Å². The van der Waals surface area contributed by atoms with Crippen molar-refractivity contribution < 1.29 is 8.78 Å². The standard InChI is InChI=1S/C9H5ClF2N2S/c10-9-14-13-8(15-9)4-5-6(11)2-1-3-7(5)12/h1-3H,4H2. The van der Waals surface area contributed by atoms with Crippen LogP contribution >= 0.6 is 22.9 Å². The molecule has 1 aromatic heterocycles. The van der Waals surface area contributed by atoms with Crippen LogP contribution in [0.2, 0.25) is 4.47 Å². The highest BCUT2D eigenvalue weighted by molar-refractivity contribution is 7.15. The maximum Gasteiger partial charge on any atom is 0.207 e. The van der Waals surface area contributed by atoms with Gasteiger partial charge in [0.25, 0.3) is 0 Å². The number of aromatic nitrogens is 2. The first-order chi connectivity index (χ1) is 7.16. The molecule has 0 aliphatic heterocycles. The first-order valence-corrected chi connectivity index (χ1v) is 5.27. The summed E-state index contributed by atoms with van der Waals surface area (Å²) in [5, 5.41) is 7.75. The fraction of sp³-hybridized carbons (Fsp3) is 0.111. The van der Waals surface area contributed by atoms with Gasteiger partial charge >= 0.3 is 0 Å². The summed E-state index contributed by atoms with van der Waals surface area (Å²) >= 11 is 6.67. The predicted octanol–water partition coefficient (Wildman–Crippen LogP) is 3.06. The lowest BCUT2D eigenvalue weighted by atomic mass is 10.1. The van der Waals surface area contributed by atoms with E-state index in [9.17, 15) is 8.78 Å². The molecule has 0 amide bonds. The molecule has 2 rings (SSSR count). The Hall–Kier alpha value is -1.07. The van der Waals surface area contributed by atoms with E-state index >= 15 is 0 Å². The Morgan fingerprint density at radius 1 is 1.20 bits per heavy atom. The Bertz CT molecular complexity index is 466. The van der Waals surface area contributed by atoms with Crippen molar-refractivity contribution in [3.63, 3.8) is 0 Å². The molecule has 0 saturated heterocycles. The molecular weight excluding hydrogens is 242 g/mol. The smallest absolute Gasteiger partial charge is 0.207 e. The van der Waals surface area contributed by atoms with Crippen molar-refractivity contribution in [2.24, 2.45) is 0 Å². The topological polar surface area (TPSA) is 25.8 Å². The minimum atomic E-state index is -0.582. The van der Waals surface area contributed by atoms with Crippen LogP contribution in [0.1, 0.15) is 10.6 Å². The number of hydrogen-bond donors (Lipinski definition) is 0. The van der Waals surface area contributed by atoms with E-state index in [1.54, 1.807) is 0 Å². The van der Waals surface area contributed by atoms with Gasteiger partial charge in [-0.3, -0.25) is 0 Å². The SMILES string of the molecule is Fc1cccc(F)c1Cc1nnc(Cl)s1. The Kier molecular flexibility index (Phi) is 2.93. The molecule has 0 saturated carbocycles. The van der Waals surface area contributed by atoms with Gasteiger partial charge in [0.05, 0.1) is 0 Å². The molecule has 15 heavy (non-hydrogen) atoms. The quantitative estimate of drug-likeness (QED) is 0.814. The fourth-order valence-electron chi connectivity index (χ4n) is 1.16. The Morgan fingerprint density at radius 2 is 1.87 bits per heavy atom. The van der Waals surface area contributed by atoms with Crippen molar-refractivity contribution in [3.8, 4) is 0 Å². The summed E-state index contributed by atoms with van der Waals surface area (Å²) in [6, 6.07) is 3.74. The van der Waals surface area contributed by atoms with Gasteiger partial charge in [0.1, 0.15) is 16.6 Å². The second-order valence-electron chi connectivity index (χ2n) is 2.83. The van der Waals surface area contributed by atoms with Crippen LogP contribution in [0.15, 0.2) is 18.2 Å². The van der Waals surface area contributed by atoms with E-state index in [4.69, 9.17) is 11.6 Å². The molecule has 0 fully saturated rings. The van der Waals surface area contributed by atoms with Crippen LogP contribution in [-0.2, 0) is 6.42 Å². The van der Waals surface area contributed by atoms with Crippen LogP contribution in [0.3, 0.4) is 0 Å². The molecule has 0 atom stereocenters. The monoisotopic (exact) mass is 246 g/mol. The van der Waals surface area contributed by atoms with Crippen LogP contribution < -0.4 is 0 Å². The molecule has 0 aliphatic rings. The molecule has 0 unspecified atom stereocenters. The lowest BCUT2D eigenvalue weighted by Gasteiger charge is -2.00. The molecule has 0 radical (unpaired) electrons. The van der Waals surface area contributed by atoms with Gasteiger partial charge < -0.3 is 0 Å². The van der Waals surface area contributed by atoms with Gasteiger partial charge in [-0.05, 0) is 23.7 Å². The number of nitrogens with zero attached hydrogens (tertiary/aromatic N) is 2. The molecule has 0 N–H and O–H groups in total. The normalized spacial score (nSPS) is 10.6. The number of hydrogen-bond acceptors (Lipinski definition) is 3. The summed E-state index contributed by atoms with van der Waals surface area (Å²) in [5.74, 6) is -1.16. The predicted molar refractivity (Wildman–Crippen MR) is 54.1 cm³/mol. The Labute approximate surface area is 93.5 Å². The molecule has 1 aromatic carbocycles. The van der Waals surface area contributed by atoms with Gasteiger partial charge in [-0.2, -0.15) is 0 Å². The zero-order valence-electron chi connectivity index (χ0n) is 7.38. The highest BCUT2D eigenvalue weighted by Gasteiger charge is 2.11. The summed E-state index contributed by atoms with van der Waals surface area (Å²) in [6.07, 6.45) is 0.0723. The third-order valence-electron chi connectivity index (χ3n) is 1.83. The average molecular weight is 247 g/mol. The summed E-state index contributed by atoms with van der Waals surface area (Å²) in [4.78, 5) is 0. The molecule has 2 aromatic rings. The highest BCUT2D eigenvalue weighted by Crippen LogP contribution is 2.21. The van der Waals surface area contributed by atoms with Crippen molar-refractivity contribution in [2.75, 3.05) is 0 Å². The first-order valence-electron chi connectivity index (χ1n) is 4.07. The minimum absolute atomic E-state index is 0.00897. The number of benzene rings is 1. The molecule has 0 aliphatic carbocycles. The first kappa shape index (κ1) is 10.4. The van der Waals surface area contributed by atoms with E-state index in [-0.39, 0.29) is 16.5 Å². The molecule has 0 spiro atoms. The van der Waals surface area contributed by atoms with E-state index in [1.165, 1.54) is 18.2 Å². The average Bonchev–Trinajstić information content (AvgIpc) is 2.58. The van der Waals surface area contributed by atoms with Crippen LogP contribution in [0, 0.1) is 11.6 Å². The molecule has 2 nitrogen and oxygen atoms in total. The lowest BCUT2D eigenvalue weighted by molar-refractivity contribution is 0.561. The highest BCUT2D eigenvalue weighted by atomic mass is 35.5. The van der Waals surface area contributed by atoms with Crippen LogP contribution in [0.4, 0.5) is 8.78 Å². The van der Waals surface area contributed by atoms with Gasteiger partial charge in [0.2, 0.25) is 4.47 Å². The molecule has 1 heterocycles. The maximum atomic E-state index is 13.2. The summed E-state index contributed by atoms with van der Waals surface area (Å²) in [5.41, 5.74) is -0.00897. The second kappa shape index (κ2) is 4.20. The Morgan fingerprint density at radius 3 is 2.40 bits per heavy atom. The van der Waals surface area contributed by atoms with Crippen LogP contribution in [-0.4, -0.2) is 10.2 Å². The van der Waals surface area contributed by atoms with Gasteiger partial charge in [-0.25, -0.2) is 8.78 Å². The number of halogens is 3. The summed E-state index contributed by atoms with van der Waals surface area (Å²) < 4.78 is 26.7. The Balaban J connectivity index is 2.31. The molecule has 6 heteroatoms. The molecule has 0 bridgehead atoms. The fourth-order valence-corrected chi connectivity index (χ4v) is 2.04. The van der Waals surface area contributed by atoms with Gasteiger partial charge in [-0.15, -0.1) is 10.2 Å². The van der Waals surface area contributed by atoms with E-state index in [1.807, 2.05) is 0 Å². The van der Waals surface area contributed by atoms with Crippen LogP contribution in [0.25, 0.3) is 0 Å². The maximum absolute atomic E-state index is 13.2. The third kappa shape index (κ3) is 2.30. The zero-order valence-corrected chi connectivity index (χ0v) is 8.95. The van der Waals surface area contributed by atoms with Crippen LogP contribution in [0.5, 0.6) is 0 Å². The second-order valence-corrected chi connectivity index (χ2v) is 4.47. The third-order valence-corrected chi connectivity index (χ3v) is 2.85. The van der Waals surface area contributed by atoms with Gasteiger partial charge in [0, 0.05) is 12.0 Å². The van der Waals surface area contributed by atoms with Crippen molar-refractivity contribution in [2.45, 2.75) is 6.42 Å². The summed E-state index contributed by atoms with van der Waals surface area (Å²) in [7, 11) is 0. The number of rotatable bonds is 2. The van der Waals surface area contributed by atoms with E-state index in [2.05, 4.69) is 10.2 Å². The van der Waals surface area contributed by atoms with Crippen molar-refractivity contribution in [1.82, 2.24) is 10.2 Å². The molecular formula is C9H5ClF2N2S. The largest absolute Gasteiger partial charge is 0.207 e. The van der Waals surface area contributed by atoms with Crippen molar-refractivity contribution >= 4 is 22.9 Å². The van der Waals surface area contributed by atoms with E-state index in [0.717, 1.165) is 11.3 Å². The van der Waals surface area contributed by atoms with Gasteiger partial charge in [-0.1, -0.05) is 17.4 Å².